The van der Waals surface area contributed by atoms with E-state index in [9.17, 15) is 8.42 Å². The molecule has 112 valence electrons. The van der Waals surface area contributed by atoms with Gasteiger partial charge in [-0.15, -0.1) is 0 Å². The molecule has 3 nitrogen and oxygen atoms in total. The van der Waals surface area contributed by atoms with Crippen LogP contribution in [-0.2, 0) is 10.0 Å². The molecular weight excluding hydrogens is 329 g/mol. The van der Waals surface area contributed by atoms with E-state index in [0.717, 1.165) is 0 Å². The second kappa shape index (κ2) is 6.26. The maximum atomic E-state index is 12.9. The van der Waals surface area contributed by atoms with Gasteiger partial charge in [0.1, 0.15) is 4.90 Å². The van der Waals surface area contributed by atoms with Crippen LogP contribution in [0, 0.1) is 0 Å². The molecular formula is C15H15Cl2NO2S. The van der Waals surface area contributed by atoms with Crippen molar-refractivity contribution in [1.82, 2.24) is 0 Å². The number of nitrogens with zero attached hydrogens (tertiary/aromatic N) is 1. The minimum Gasteiger partial charge on any atom is -0.264 e. The largest absolute Gasteiger partial charge is 0.266 e. The average molecular weight is 344 g/mol. The predicted molar refractivity (Wildman–Crippen MR) is 87.7 cm³/mol. The van der Waals surface area contributed by atoms with Crippen molar-refractivity contribution in [3.8, 4) is 0 Å². The maximum Gasteiger partial charge on any atom is 0.266 e. The van der Waals surface area contributed by atoms with E-state index in [1.165, 1.54) is 22.5 Å². The Kier molecular flexibility index (Phi) is 4.81. The van der Waals surface area contributed by atoms with E-state index < -0.39 is 10.0 Å². The summed E-state index contributed by atoms with van der Waals surface area (Å²) in [6.07, 6.45) is 0. The quantitative estimate of drug-likeness (QED) is 0.813. The summed E-state index contributed by atoms with van der Waals surface area (Å²) in [5, 5.41) is 0.513. The first-order chi connectivity index (χ1) is 9.84. The molecule has 0 saturated heterocycles. The number of anilines is 1. The molecule has 0 amide bonds. The number of hydrogen-bond donors (Lipinski definition) is 0. The second-order valence-corrected chi connectivity index (χ2v) is 7.43. The van der Waals surface area contributed by atoms with Crippen molar-refractivity contribution in [2.45, 2.75) is 24.8 Å². The van der Waals surface area contributed by atoms with Gasteiger partial charge in [0.25, 0.3) is 10.0 Å². The standard InChI is InChI=1S/C15H15Cl2NO2S/c1-11(2)18(13-6-4-3-5-7-13)21(19,20)15-9-8-12(16)10-14(15)17/h3-11H,1-2H3. The summed E-state index contributed by atoms with van der Waals surface area (Å²) in [6, 6.07) is 13.1. The summed E-state index contributed by atoms with van der Waals surface area (Å²) in [5.41, 5.74) is 0.596. The van der Waals surface area contributed by atoms with Gasteiger partial charge in [-0.05, 0) is 44.2 Å². The van der Waals surface area contributed by atoms with Gasteiger partial charge in [-0.3, -0.25) is 4.31 Å². The SMILES string of the molecule is CC(C)N(c1ccccc1)S(=O)(=O)c1ccc(Cl)cc1Cl. The second-order valence-electron chi connectivity index (χ2n) is 4.80. The summed E-state index contributed by atoms with van der Waals surface area (Å²) < 4.78 is 27.2. The number of sulfonamides is 1. The highest BCUT2D eigenvalue weighted by molar-refractivity contribution is 7.93. The van der Waals surface area contributed by atoms with E-state index in [1.54, 1.807) is 24.3 Å². The van der Waals surface area contributed by atoms with Gasteiger partial charge in [0, 0.05) is 11.1 Å². The van der Waals surface area contributed by atoms with Crippen molar-refractivity contribution in [3.63, 3.8) is 0 Å². The van der Waals surface area contributed by atoms with Crippen LogP contribution in [0.15, 0.2) is 53.4 Å². The Morgan fingerprint density at radius 1 is 1.00 bits per heavy atom. The summed E-state index contributed by atoms with van der Waals surface area (Å²) in [4.78, 5) is 0.0473. The molecule has 0 bridgehead atoms. The molecule has 0 fully saturated rings. The topological polar surface area (TPSA) is 37.4 Å². The van der Waals surface area contributed by atoms with Crippen molar-refractivity contribution in [3.05, 3.63) is 58.6 Å². The highest BCUT2D eigenvalue weighted by atomic mass is 35.5. The van der Waals surface area contributed by atoms with Gasteiger partial charge >= 0.3 is 0 Å². The van der Waals surface area contributed by atoms with Crippen LogP contribution in [0.2, 0.25) is 10.0 Å². The number of halogens is 2. The van der Waals surface area contributed by atoms with E-state index >= 15 is 0 Å². The molecule has 0 aliphatic heterocycles. The van der Waals surface area contributed by atoms with Crippen LogP contribution in [0.1, 0.15) is 13.8 Å². The van der Waals surface area contributed by atoms with Crippen LogP contribution in [0.5, 0.6) is 0 Å². The van der Waals surface area contributed by atoms with Crippen LogP contribution in [-0.4, -0.2) is 14.5 Å². The zero-order valence-corrected chi connectivity index (χ0v) is 14.0. The molecule has 2 rings (SSSR count). The third-order valence-electron chi connectivity index (χ3n) is 2.91. The van der Waals surface area contributed by atoms with Gasteiger partial charge in [0.2, 0.25) is 0 Å². The number of benzene rings is 2. The fourth-order valence-corrected chi connectivity index (χ4v) is 4.49. The molecule has 0 spiro atoms. The lowest BCUT2D eigenvalue weighted by Crippen LogP contribution is -2.37. The minimum atomic E-state index is -3.76. The highest BCUT2D eigenvalue weighted by Crippen LogP contribution is 2.31. The van der Waals surface area contributed by atoms with Crippen LogP contribution in [0.25, 0.3) is 0 Å². The molecule has 0 atom stereocenters. The number of rotatable bonds is 4. The highest BCUT2D eigenvalue weighted by Gasteiger charge is 2.29. The summed E-state index contributed by atoms with van der Waals surface area (Å²) in [7, 11) is -3.76. The lowest BCUT2D eigenvalue weighted by molar-refractivity contribution is 0.584. The van der Waals surface area contributed by atoms with Crippen molar-refractivity contribution < 1.29 is 8.42 Å². The fraction of sp³-hybridized carbons (Fsp3) is 0.200. The predicted octanol–water partition coefficient (Wildman–Crippen LogP) is 4.60. The van der Waals surface area contributed by atoms with Gasteiger partial charge in [-0.1, -0.05) is 41.4 Å². The Bertz CT molecular complexity index is 731. The van der Waals surface area contributed by atoms with E-state index in [2.05, 4.69) is 0 Å². The first-order valence-corrected chi connectivity index (χ1v) is 8.58. The van der Waals surface area contributed by atoms with Crippen LogP contribution in [0.4, 0.5) is 5.69 Å². The molecule has 0 N–H and O–H groups in total. The normalized spacial score (nSPS) is 11.7. The molecule has 21 heavy (non-hydrogen) atoms. The van der Waals surface area contributed by atoms with Crippen LogP contribution >= 0.6 is 23.2 Å². The Morgan fingerprint density at radius 2 is 1.62 bits per heavy atom. The molecule has 0 saturated carbocycles. The fourth-order valence-electron chi connectivity index (χ4n) is 2.08. The van der Waals surface area contributed by atoms with Gasteiger partial charge in [-0.25, -0.2) is 8.42 Å². The van der Waals surface area contributed by atoms with E-state index in [0.29, 0.717) is 10.7 Å². The van der Waals surface area contributed by atoms with Crippen LogP contribution < -0.4 is 4.31 Å². The molecule has 2 aromatic rings. The van der Waals surface area contributed by atoms with E-state index in [1.807, 2.05) is 19.9 Å². The van der Waals surface area contributed by atoms with Gasteiger partial charge < -0.3 is 0 Å². The third-order valence-corrected chi connectivity index (χ3v) is 5.63. The van der Waals surface area contributed by atoms with E-state index in [4.69, 9.17) is 23.2 Å². The zero-order chi connectivity index (χ0) is 15.6. The van der Waals surface area contributed by atoms with Crippen molar-refractivity contribution in [2.75, 3.05) is 4.31 Å². The maximum absolute atomic E-state index is 12.9. The van der Waals surface area contributed by atoms with Crippen molar-refractivity contribution >= 4 is 38.9 Å². The first-order valence-electron chi connectivity index (χ1n) is 6.38. The number of hydrogen-bond acceptors (Lipinski definition) is 2. The Hall–Kier alpha value is -1.23. The monoisotopic (exact) mass is 343 g/mol. The van der Waals surface area contributed by atoms with Gasteiger partial charge in [0.05, 0.1) is 10.7 Å². The van der Waals surface area contributed by atoms with Crippen molar-refractivity contribution in [1.29, 1.82) is 0 Å². The Balaban J connectivity index is 2.59. The number of para-hydroxylation sites is 1. The molecule has 0 aliphatic carbocycles. The molecule has 2 aromatic carbocycles. The lowest BCUT2D eigenvalue weighted by Gasteiger charge is -2.28. The van der Waals surface area contributed by atoms with Gasteiger partial charge in [-0.2, -0.15) is 0 Å². The summed E-state index contributed by atoms with van der Waals surface area (Å²) in [6.45, 7) is 3.63. The summed E-state index contributed by atoms with van der Waals surface area (Å²) in [5.74, 6) is 0. The smallest absolute Gasteiger partial charge is 0.264 e. The lowest BCUT2D eigenvalue weighted by atomic mass is 10.3. The van der Waals surface area contributed by atoms with Crippen molar-refractivity contribution in [2.24, 2.45) is 0 Å². The molecule has 0 radical (unpaired) electrons. The first kappa shape index (κ1) is 16.1. The summed E-state index contributed by atoms with van der Waals surface area (Å²) >= 11 is 11.9. The Labute approximate surface area is 135 Å². The Morgan fingerprint density at radius 3 is 2.14 bits per heavy atom. The zero-order valence-electron chi connectivity index (χ0n) is 11.6. The molecule has 0 aromatic heterocycles. The average Bonchev–Trinajstić information content (AvgIpc) is 2.38. The molecule has 0 heterocycles. The van der Waals surface area contributed by atoms with Crippen LogP contribution in [0.3, 0.4) is 0 Å². The minimum absolute atomic E-state index is 0.0473. The molecule has 0 unspecified atom stereocenters. The third kappa shape index (κ3) is 3.34. The van der Waals surface area contributed by atoms with Gasteiger partial charge in [0.15, 0.2) is 0 Å². The molecule has 0 aliphatic rings. The van der Waals surface area contributed by atoms with E-state index in [-0.39, 0.29) is 16.0 Å². The molecule has 6 heteroatoms.